The number of hydrogen-bond donors (Lipinski definition) is 0. The summed E-state index contributed by atoms with van der Waals surface area (Å²) in [5.41, 5.74) is 1.33. The van der Waals surface area contributed by atoms with Crippen molar-refractivity contribution in [2.75, 3.05) is 7.11 Å². The average molecular weight is 155 g/mol. The number of nitrogens with zero attached hydrogens (tertiary/aromatic N) is 1. The second kappa shape index (κ2) is 2.86. The zero-order valence-electron chi connectivity index (χ0n) is 6.81. The van der Waals surface area contributed by atoms with Gasteiger partial charge in [0, 0.05) is 5.69 Å². The summed E-state index contributed by atoms with van der Waals surface area (Å²) >= 11 is 0. The number of pyridine rings is 1. The predicted molar refractivity (Wildman–Crippen MR) is 40.2 cm³/mol. The first-order valence-corrected chi connectivity index (χ1v) is 3.33. The van der Waals surface area contributed by atoms with Crippen LogP contribution in [0.1, 0.15) is 11.3 Å². The highest BCUT2D eigenvalue weighted by atomic mass is 19.1. The molecule has 3 heteroatoms. The van der Waals surface area contributed by atoms with Crippen LogP contribution in [0.2, 0.25) is 0 Å². The molecule has 0 aromatic carbocycles. The molecular formula is C8H10FNO. The normalized spacial score (nSPS) is 9.82. The number of aryl methyl sites for hydroxylation is 2. The summed E-state index contributed by atoms with van der Waals surface area (Å²) in [6.07, 6.45) is 0. The van der Waals surface area contributed by atoms with Crippen molar-refractivity contribution in [3.63, 3.8) is 0 Å². The predicted octanol–water partition coefficient (Wildman–Crippen LogP) is 1.85. The Morgan fingerprint density at radius 1 is 1.45 bits per heavy atom. The van der Waals surface area contributed by atoms with Gasteiger partial charge in [0.1, 0.15) is 0 Å². The lowest BCUT2D eigenvalue weighted by Gasteiger charge is -2.03. The summed E-state index contributed by atoms with van der Waals surface area (Å²) in [6.45, 7) is 3.49. The molecule has 0 N–H and O–H groups in total. The van der Waals surface area contributed by atoms with E-state index in [0.717, 1.165) is 5.69 Å². The second-order valence-corrected chi connectivity index (χ2v) is 2.40. The largest absolute Gasteiger partial charge is 0.479 e. The van der Waals surface area contributed by atoms with E-state index in [2.05, 4.69) is 4.98 Å². The van der Waals surface area contributed by atoms with Crippen molar-refractivity contribution < 1.29 is 9.13 Å². The van der Waals surface area contributed by atoms with Crippen LogP contribution in [0.3, 0.4) is 0 Å². The highest BCUT2D eigenvalue weighted by molar-refractivity contribution is 5.25. The SMILES string of the molecule is COc1nc(C)cc(C)c1F. The highest BCUT2D eigenvalue weighted by Crippen LogP contribution is 2.17. The highest BCUT2D eigenvalue weighted by Gasteiger charge is 2.06. The van der Waals surface area contributed by atoms with Crippen molar-refractivity contribution in [3.8, 4) is 5.88 Å². The Bertz CT molecular complexity index is 273. The molecule has 1 heterocycles. The fourth-order valence-corrected chi connectivity index (χ4v) is 0.922. The topological polar surface area (TPSA) is 22.1 Å². The molecule has 0 saturated carbocycles. The molecule has 0 aliphatic heterocycles. The molecule has 2 nitrogen and oxygen atoms in total. The number of hydrogen-bond acceptors (Lipinski definition) is 2. The van der Waals surface area contributed by atoms with Crippen LogP contribution in [0, 0.1) is 19.7 Å². The van der Waals surface area contributed by atoms with Crippen LogP contribution in [0.4, 0.5) is 4.39 Å². The van der Waals surface area contributed by atoms with Crippen molar-refractivity contribution >= 4 is 0 Å². The molecule has 0 aliphatic carbocycles. The van der Waals surface area contributed by atoms with E-state index in [1.807, 2.05) is 0 Å². The minimum Gasteiger partial charge on any atom is -0.479 e. The third-order valence-corrected chi connectivity index (χ3v) is 1.43. The molecule has 1 rings (SSSR count). The Morgan fingerprint density at radius 2 is 2.09 bits per heavy atom. The summed E-state index contributed by atoms with van der Waals surface area (Å²) in [4.78, 5) is 3.85. The molecule has 0 radical (unpaired) electrons. The minimum atomic E-state index is -0.377. The molecule has 0 amide bonds. The Hall–Kier alpha value is -1.12. The zero-order valence-corrected chi connectivity index (χ0v) is 6.81. The number of ether oxygens (including phenoxy) is 1. The molecule has 0 atom stereocenters. The fourth-order valence-electron chi connectivity index (χ4n) is 0.922. The quantitative estimate of drug-likeness (QED) is 0.617. The van der Waals surface area contributed by atoms with E-state index in [1.165, 1.54) is 7.11 Å². The van der Waals surface area contributed by atoms with Gasteiger partial charge in [-0.25, -0.2) is 9.37 Å². The summed E-state index contributed by atoms with van der Waals surface area (Å²) < 4.78 is 17.7. The first-order valence-electron chi connectivity index (χ1n) is 3.33. The average Bonchev–Trinajstić information content (AvgIpc) is 1.96. The van der Waals surface area contributed by atoms with Crippen molar-refractivity contribution in [2.24, 2.45) is 0 Å². The molecule has 0 spiro atoms. The minimum absolute atomic E-state index is 0.0718. The van der Waals surface area contributed by atoms with Gasteiger partial charge in [0.15, 0.2) is 5.82 Å². The molecule has 11 heavy (non-hydrogen) atoms. The van der Waals surface area contributed by atoms with Gasteiger partial charge in [-0.15, -0.1) is 0 Å². The van der Waals surface area contributed by atoms with Gasteiger partial charge in [-0.3, -0.25) is 0 Å². The second-order valence-electron chi connectivity index (χ2n) is 2.40. The monoisotopic (exact) mass is 155 g/mol. The smallest absolute Gasteiger partial charge is 0.250 e. The van der Waals surface area contributed by atoms with E-state index in [4.69, 9.17) is 4.74 Å². The van der Waals surface area contributed by atoms with Gasteiger partial charge in [0.25, 0.3) is 5.88 Å². The van der Waals surface area contributed by atoms with Crippen LogP contribution in [0.5, 0.6) is 5.88 Å². The van der Waals surface area contributed by atoms with Gasteiger partial charge in [0.05, 0.1) is 7.11 Å². The molecule has 0 aliphatic rings. The van der Waals surface area contributed by atoms with E-state index in [9.17, 15) is 4.39 Å². The van der Waals surface area contributed by atoms with E-state index in [1.54, 1.807) is 19.9 Å². The van der Waals surface area contributed by atoms with Crippen LogP contribution in [0.25, 0.3) is 0 Å². The molecule has 1 aromatic rings. The fraction of sp³-hybridized carbons (Fsp3) is 0.375. The molecule has 0 fully saturated rings. The van der Waals surface area contributed by atoms with E-state index >= 15 is 0 Å². The van der Waals surface area contributed by atoms with E-state index in [-0.39, 0.29) is 11.7 Å². The van der Waals surface area contributed by atoms with Gasteiger partial charge in [-0.05, 0) is 25.5 Å². The van der Waals surface area contributed by atoms with Crippen LogP contribution < -0.4 is 4.74 Å². The van der Waals surface area contributed by atoms with Crippen molar-refractivity contribution in [2.45, 2.75) is 13.8 Å². The molecular weight excluding hydrogens is 145 g/mol. The zero-order chi connectivity index (χ0) is 8.43. The standard InChI is InChI=1S/C8H10FNO/c1-5-4-6(2)10-8(11-3)7(5)9/h4H,1-3H3. The maximum Gasteiger partial charge on any atom is 0.250 e. The Balaban J connectivity index is 3.24. The summed E-state index contributed by atoms with van der Waals surface area (Å²) in [5.74, 6) is -0.305. The van der Waals surface area contributed by atoms with Crippen molar-refractivity contribution in [1.29, 1.82) is 0 Å². The maximum atomic E-state index is 13.0. The molecule has 1 aromatic heterocycles. The summed E-state index contributed by atoms with van der Waals surface area (Å²) in [5, 5.41) is 0. The van der Waals surface area contributed by atoms with Crippen molar-refractivity contribution in [1.82, 2.24) is 4.98 Å². The lowest BCUT2D eigenvalue weighted by Crippen LogP contribution is -1.96. The molecule has 60 valence electrons. The van der Waals surface area contributed by atoms with Gasteiger partial charge in [-0.2, -0.15) is 0 Å². The molecule has 0 unspecified atom stereocenters. The van der Waals surface area contributed by atoms with Crippen molar-refractivity contribution in [3.05, 3.63) is 23.1 Å². The van der Waals surface area contributed by atoms with Crippen LogP contribution in [-0.2, 0) is 0 Å². The van der Waals surface area contributed by atoms with Crippen LogP contribution in [-0.4, -0.2) is 12.1 Å². The summed E-state index contributed by atoms with van der Waals surface area (Å²) in [6, 6.07) is 1.68. The van der Waals surface area contributed by atoms with Crippen LogP contribution >= 0.6 is 0 Å². The number of aromatic nitrogens is 1. The summed E-state index contributed by atoms with van der Waals surface area (Å²) in [7, 11) is 1.41. The maximum absolute atomic E-state index is 13.0. The lowest BCUT2D eigenvalue weighted by atomic mass is 10.2. The Morgan fingerprint density at radius 3 is 2.64 bits per heavy atom. The van der Waals surface area contributed by atoms with Gasteiger partial charge in [0.2, 0.25) is 0 Å². The number of methoxy groups -OCH3 is 1. The Labute approximate surface area is 65.0 Å². The van der Waals surface area contributed by atoms with Gasteiger partial charge >= 0.3 is 0 Å². The third-order valence-electron chi connectivity index (χ3n) is 1.43. The van der Waals surface area contributed by atoms with E-state index in [0.29, 0.717) is 5.56 Å². The Kier molecular flexibility index (Phi) is 2.08. The van der Waals surface area contributed by atoms with Gasteiger partial charge < -0.3 is 4.74 Å². The van der Waals surface area contributed by atoms with E-state index < -0.39 is 0 Å². The van der Waals surface area contributed by atoms with Gasteiger partial charge in [-0.1, -0.05) is 0 Å². The third kappa shape index (κ3) is 1.48. The lowest BCUT2D eigenvalue weighted by molar-refractivity contribution is 0.366. The molecule has 0 saturated heterocycles. The number of halogens is 1. The number of rotatable bonds is 1. The first kappa shape index (κ1) is 7.98. The van der Waals surface area contributed by atoms with Crippen LogP contribution in [0.15, 0.2) is 6.07 Å². The first-order chi connectivity index (χ1) is 5.15. The molecule has 0 bridgehead atoms.